The molecule has 0 spiro atoms. The van der Waals surface area contributed by atoms with Crippen LogP contribution >= 0.6 is 0 Å². The minimum Gasteiger partial charge on any atom is -0.381 e. The van der Waals surface area contributed by atoms with E-state index in [0.29, 0.717) is 5.92 Å². The Morgan fingerprint density at radius 1 is 1.67 bits per heavy atom. The standard InChI is InChI=1S/C8H16N2O2/c9-8(11)5-10-3-1-7-2-4-12-6-7/h7,10H,1-6H2,(H2,9,11). The van der Waals surface area contributed by atoms with Crippen LogP contribution in [0.2, 0.25) is 0 Å². The number of amides is 1. The lowest BCUT2D eigenvalue weighted by Gasteiger charge is -2.06. The van der Waals surface area contributed by atoms with Crippen LogP contribution < -0.4 is 11.1 Å². The van der Waals surface area contributed by atoms with E-state index in [1.807, 2.05) is 0 Å². The van der Waals surface area contributed by atoms with Crippen molar-refractivity contribution >= 4 is 5.91 Å². The van der Waals surface area contributed by atoms with Gasteiger partial charge in [-0.1, -0.05) is 0 Å². The molecule has 4 nitrogen and oxygen atoms in total. The molecule has 1 unspecified atom stereocenters. The summed E-state index contributed by atoms with van der Waals surface area (Å²) in [7, 11) is 0. The minimum absolute atomic E-state index is 0.285. The molecule has 0 aromatic rings. The van der Waals surface area contributed by atoms with Gasteiger partial charge in [0.15, 0.2) is 0 Å². The molecule has 1 saturated heterocycles. The largest absolute Gasteiger partial charge is 0.381 e. The van der Waals surface area contributed by atoms with Gasteiger partial charge in [-0.05, 0) is 25.3 Å². The normalized spacial score (nSPS) is 22.8. The predicted octanol–water partition coefficient (Wildman–Crippen LogP) is -0.512. The summed E-state index contributed by atoms with van der Waals surface area (Å²) in [5, 5.41) is 2.98. The predicted molar refractivity (Wildman–Crippen MR) is 45.6 cm³/mol. The first kappa shape index (κ1) is 9.48. The molecule has 12 heavy (non-hydrogen) atoms. The number of primary amides is 1. The topological polar surface area (TPSA) is 64.4 Å². The molecule has 1 heterocycles. The summed E-state index contributed by atoms with van der Waals surface area (Å²) in [6, 6.07) is 0. The van der Waals surface area contributed by atoms with E-state index in [0.717, 1.165) is 32.6 Å². The van der Waals surface area contributed by atoms with Crippen molar-refractivity contribution in [3.05, 3.63) is 0 Å². The molecule has 0 bridgehead atoms. The molecular formula is C8H16N2O2. The highest BCUT2D eigenvalue weighted by Gasteiger charge is 2.14. The molecule has 0 aromatic carbocycles. The Bertz CT molecular complexity index is 144. The molecule has 1 aliphatic rings. The fraction of sp³-hybridized carbons (Fsp3) is 0.875. The number of hydrogen-bond donors (Lipinski definition) is 2. The lowest BCUT2D eigenvalue weighted by Crippen LogP contribution is -2.30. The van der Waals surface area contributed by atoms with E-state index in [1.54, 1.807) is 0 Å². The van der Waals surface area contributed by atoms with E-state index in [-0.39, 0.29) is 12.5 Å². The van der Waals surface area contributed by atoms with Gasteiger partial charge in [-0.15, -0.1) is 0 Å². The molecular weight excluding hydrogens is 156 g/mol. The summed E-state index contributed by atoms with van der Waals surface area (Å²) in [4.78, 5) is 10.3. The van der Waals surface area contributed by atoms with Gasteiger partial charge in [0.1, 0.15) is 0 Å². The van der Waals surface area contributed by atoms with Gasteiger partial charge in [0.05, 0.1) is 6.54 Å². The lowest BCUT2D eigenvalue weighted by molar-refractivity contribution is -0.117. The smallest absolute Gasteiger partial charge is 0.231 e. The van der Waals surface area contributed by atoms with Crippen molar-refractivity contribution in [2.45, 2.75) is 12.8 Å². The second kappa shape index (κ2) is 5.11. The van der Waals surface area contributed by atoms with E-state index in [1.165, 1.54) is 0 Å². The molecule has 0 radical (unpaired) electrons. The van der Waals surface area contributed by atoms with E-state index < -0.39 is 0 Å². The summed E-state index contributed by atoms with van der Waals surface area (Å²) < 4.78 is 5.22. The second-order valence-electron chi connectivity index (χ2n) is 3.16. The van der Waals surface area contributed by atoms with E-state index in [2.05, 4.69) is 5.32 Å². The molecule has 1 rings (SSSR count). The molecule has 1 atom stereocenters. The maximum absolute atomic E-state index is 10.3. The van der Waals surface area contributed by atoms with Crippen LogP contribution in [0.15, 0.2) is 0 Å². The maximum atomic E-state index is 10.3. The molecule has 0 saturated carbocycles. The average Bonchev–Trinajstić information content (AvgIpc) is 2.49. The number of ether oxygens (including phenoxy) is 1. The van der Waals surface area contributed by atoms with Crippen LogP contribution in [0, 0.1) is 5.92 Å². The zero-order valence-corrected chi connectivity index (χ0v) is 7.21. The second-order valence-corrected chi connectivity index (χ2v) is 3.16. The fourth-order valence-electron chi connectivity index (χ4n) is 1.33. The Kier molecular flexibility index (Phi) is 4.04. The van der Waals surface area contributed by atoms with Crippen LogP contribution in [-0.2, 0) is 9.53 Å². The SMILES string of the molecule is NC(=O)CNCCC1CCOC1. The van der Waals surface area contributed by atoms with Gasteiger partial charge < -0.3 is 15.8 Å². The summed E-state index contributed by atoms with van der Waals surface area (Å²) in [5.41, 5.74) is 4.96. The van der Waals surface area contributed by atoms with E-state index >= 15 is 0 Å². The van der Waals surface area contributed by atoms with Gasteiger partial charge in [0, 0.05) is 13.2 Å². The van der Waals surface area contributed by atoms with Crippen LogP contribution in [0.25, 0.3) is 0 Å². The number of carbonyl (C=O) groups excluding carboxylic acids is 1. The third kappa shape index (κ3) is 3.69. The molecule has 1 aliphatic heterocycles. The Labute approximate surface area is 72.5 Å². The van der Waals surface area contributed by atoms with E-state index in [4.69, 9.17) is 10.5 Å². The lowest BCUT2D eigenvalue weighted by atomic mass is 10.1. The van der Waals surface area contributed by atoms with Crippen molar-refractivity contribution in [2.24, 2.45) is 11.7 Å². The van der Waals surface area contributed by atoms with Gasteiger partial charge in [-0.3, -0.25) is 4.79 Å². The van der Waals surface area contributed by atoms with Crippen molar-refractivity contribution in [1.29, 1.82) is 0 Å². The minimum atomic E-state index is -0.294. The molecule has 70 valence electrons. The first-order valence-electron chi connectivity index (χ1n) is 4.36. The monoisotopic (exact) mass is 172 g/mol. The molecule has 1 amide bonds. The van der Waals surface area contributed by atoms with Crippen LogP contribution in [0.1, 0.15) is 12.8 Å². The maximum Gasteiger partial charge on any atom is 0.231 e. The van der Waals surface area contributed by atoms with Crippen molar-refractivity contribution in [2.75, 3.05) is 26.3 Å². The molecule has 0 aliphatic carbocycles. The van der Waals surface area contributed by atoms with Crippen LogP contribution in [0.3, 0.4) is 0 Å². The molecule has 0 aromatic heterocycles. The molecule has 1 fully saturated rings. The van der Waals surface area contributed by atoms with Crippen LogP contribution in [0.5, 0.6) is 0 Å². The van der Waals surface area contributed by atoms with Crippen LogP contribution in [-0.4, -0.2) is 32.2 Å². The summed E-state index contributed by atoms with van der Waals surface area (Å²) >= 11 is 0. The van der Waals surface area contributed by atoms with Gasteiger partial charge in [0.25, 0.3) is 0 Å². The molecule has 3 N–H and O–H groups in total. The Hall–Kier alpha value is -0.610. The Balaban J connectivity index is 1.91. The molecule has 4 heteroatoms. The summed E-state index contributed by atoms with van der Waals surface area (Å²) in [6.45, 7) is 2.91. The Morgan fingerprint density at radius 3 is 3.08 bits per heavy atom. The Morgan fingerprint density at radius 2 is 2.50 bits per heavy atom. The third-order valence-corrected chi connectivity index (χ3v) is 2.05. The van der Waals surface area contributed by atoms with E-state index in [9.17, 15) is 4.79 Å². The number of hydrogen-bond acceptors (Lipinski definition) is 3. The summed E-state index contributed by atoms with van der Waals surface area (Å²) in [6.07, 6.45) is 2.23. The third-order valence-electron chi connectivity index (χ3n) is 2.05. The van der Waals surface area contributed by atoms with Crippen molar-refractivity contribution in [1.82, 2.24) is 5.32 Å². The van der Waals surface area contributed by atoms with Gasteiger partial charge >= 0.3 is 0 Å². The van der Waals surface area contributed by atoms with Crippen molar-refractivity contribution in [3.63, 3.8) is 0 Å². The summed E-state index contributed by atoms with van der Waals surface area (Å²) in [5.74, 6) is 0.378. The number of rotatable bonds is 5. The average molecular weight is 172 g/mol. The first-order chi connectivity index (χ1) is 5.79. The quantitative estimate of drug-likeness (QED) is 0.549. The van der Waals surface area contributed by atoms with Gasteiger partial charge in [0.2, 0.25) is 5.91 Å². The van der Waals surface area contributed by atoms with Crippen molar-refractivity contribution < 1.29 is 9.53 Å². The van der Waals surface area contributed by atoms with Gasteiger partial charge in [-0.2, -0.15) is 0 Å². The first-order valence-corrected chi connectivity index (χ1v) is 4.36. The van der Waals surface area contributed by atoms with Crippen molar-refractivity contribution in [3.8, 4) is 0 Å². The number of carbonyl (C=O) groups is 1. The zero-order chi connectivity index (χ0) is 8.81. The zero-order valence-electron chi connectivity index (χ0n) is 7.21. The van der Waals surface area contributed by atoms with Gasteiger partial charge in [-0.25, -0.2) is 0 Å². The fourth-order valence-corrected chi connectivity index (χ4v) is 1.33. The highest BCUT2D eigenvalue weighted by molar-refractivity contribution is 5.75. The highest BCUT2D eigenvalue weighted by Crippen LogP contribution is 2.14. The number of nitrogens with one attached hydrogen (secondary N) is 1. The highest BCUT2D eigenvalue weighted by atomic mass is 16.5. The van der Waals surface area contributed by atoms with Crippen LogP contribution in [0.4, 0.5) is 0 Å². The number of nitrogens with two attached hydrogens (primary N) is 1.